The molecule has 0 bridgehead atoms. The van der Waals surface area contributed by atoms with E-state index in [1.165, 1.54) is 22.8 Å². The molecule has 20 heavy (non-hydrogen) atoms. The third-order valence-electron chi connectivity index (χ3n) is 3.09. The molecular formula is C13H16N2O4S. The van der Waals surface area contributed by atoms with Gasteiger partial charge in [0.1, 0.15) is 11.5 Å². The number of rotatable bonds is 2. The Hall–Kier alpha value is -1.46. The molecular weight excluding hydrogens is 280 g/mol. The maximum absolute atomic E-state index is 12.4. The highest BCUT2D eigenvalue weighted by molar-refractivity contribution is 7.89. The maximum atomic E-state index is 12.4. The minimum Gasteiger partial charge on any atom is -0.393 e. The lowest BCUT2D eigenvalue weighted by molar-refractivity contribution is 0.113. The van der Waals surface area contributed by atoms with Gasteiger partial charge in [-0.3, -0.25) is 4.98 Å². The molecule has 0 spiro atoms. The predicted molar refractivity (Wildman–Crippen MR) is 72.2 cm³/mol. The van der Waals surface area contributed by atoms with Crippen molar-refractivity contribution >= 4 is 10.0 Å². The summed E-state index contributed by atoms with van der Waals surface area (Å²) in [5.41, 5.74) is 0.442. The zero-order valence-corrected chi connectivity index (χ0v) is 11.7. The van der Waals surface area contributed by atoms with Crippen LogP contribution in [0.1, 0.15) is 18.4 Å². The van der Waals surface area contributed by atoms with E-state index in [4.69, 9.17) is 5.11 Å². The fraction of sp³-hybridized carbons (Fsp3) is 0.462. The third-order valence-corrected chi connectivity index (χ3v) is 4.95. The van der Waals surface area contributed by atoms with Gasteiger partial charge in [-0.1, -0.05) is 11.8 Å². The molecule has 1 aliphatic heterocycles. The van der Waals surface area contributed by atoms with Gasteiger partial charge in [-0.15, -0.1) is 0 Å². The number of nitrogens with zero attached hydrogens (tertiary/aromatic N) is 2. The van der Waals surface area contributed by atoms with E-state index in [0.29, 0.717) is 31.5 Å². The third kappa shape index (κ3) is 3.35. The standard InChI is InChI=1S/C13H16N2O4S/c16-7-1-2-11-8-13(10-14-9-11)20(18,19)15-5-3-12(17)4-6-15/h8-10,12,16-17H,3-7H2. The van der Waals surface area contributed by atoms with Crippen LogP contribution in [0.15, 0.2) is 23.4 Å². The fourth-order valence-corrected chi connectivity index (χ4v) is 3.46. The zero-order chi connectivity index (χ0) is 14.6. The maximum Gasteiger partial charge on any atom is 0.244 e. The van der Waals surface area contributed by atoms with E-state index in [2.05, 4.69) is 16.8 Å². The normalized spacial score (nSPS) is 17.5. The molecule has 0 aliphatic carbocycles. The van der Waals surface area contributed by atoms with E-state index < -0.39 is 16.1 Å². The average Bonchev–Trinajstić information content (AvgIpc) is 2.46. The Balaban J connectivity index is 2.25. The Morgan fingerprint density at radius 2 is 2.05 bits per heavy atom. The van der Waals surface area contributed by atoms with Crippen molar-refractivity contribution in [1.29, 1.82) is 0 Å². The number of sulfonamides is 1. The van der Waals surface area contributed by atoms with Crippen molar-refractivity contribution in [3.05, 3.63) is 24.0 Å². The molecule has 1 saturated heterocycles. The van der Waals surface area contributed by atoms with Crippen LogP contribution < -0.4 is 0 Å². The van der Waals surface area contributed by atoms with Crippen molar-refractivity contribution in [3.8, 4) is 11.8 Å². The monoisotopic (exact) mass is 296 g/mol. The fourth-order valence-electron chi connectivity index (χ4n) is 2.00. The molecule has 0 amide bonds. The van der Waals surface area contributed by atoms with Crippen molar-refractivity contribution in [2.24, 2.45) is 0 Å². The Kier molecular flexibility index (Phi) is 4.73. The molecule has 0 unspecified atom stereocenters. The molecule has 7 heteroatoms. The van der Waals surface area contributed by atoms with E-state index in [9.17, 15) is 13.5 Å². The van der Waals surface area contributed by atoms with Crippen LogP contribution in [0.25, 0.3) is 0 Å². The average molecular weight is 296 g/mol. The largest absolute Gasteiger partial charge is 0.393 e. The highest BCUT2D eigenvalue weighted by atomic mass is 32.2. The first kappa shape index (κ1) is 14.9. The summed E-state index contributed by atoms with van der Waals surface area (Å²) >= 11 is 0. The van der Waals surface area contributed by atoms with Gasteiger partial charge < -0.3 is 10.2 Å². The van der Waals surface area contributed by atoms with Gasteiger partial charge in [0.05, 0.1) is 6.10 Å². The van der Waals surface area contributed by atoms with E-state index in [-0.39, 0.29) is 11.5 Å². The molecule has 1 fully saturated rings. The van der Waals surface area contributed by atoms with E-state index in [1.54, 1.807) is 0 Å². The van der Waals surface area contributed by atoms with Crippen LogP contribution >= 0.6 is 0 Å². The molecule has 1 aliphatic rings. The van der Waals surface area contributed by atoms with Crippen LogP contribution in [0.4, 0.5) is 0 Å². The predicted octanol–water partition coefficient (Wildman–Crippen LogP) is -0.429. The van der Waals surface area contributed by atoms with Crippen LogP contribution in [-0.2, 0) is 10.0 Å². The number of aliphatic hydroxyl groups excluding tert-OH is 2. The Labute approximate surface area is 118 Å². The van der Waals surface area contributed by atoms with Crippen molar-refractivity contribution in [1.82, 2.24) is 9.29 Å². The molecule has 0 radical (unpaired) electrons. The second-order valence-corrected chi connectivity index (χ2v) is 6.44. The highest BCUT2D eigenvalue weighted by Gasteiger charge is 2.28. The minimum absolute atomic E-state index is 0.0821. The first-order valence-electron chi connectivity index (χ1n) is 6.27. The second kappa shape index (κ2) is 6.33. The van der Waals surface area contributed by atoms with Crippen LogP contribution in [0.3, 0.4) is 0 Å². The molecule has 2 heterocycles. The number of hydrogen-bond donors (Lipinski definition) is 2. The zero-order valence-electron chi connectivity index (χ0n) is 10.9. The molecule has 0 aromatic carbocycles. The topological polar surface area (TPSA) is 90.7 Å². The molecule has 2 rings (SSSR count). The van der Waals surface area contributed by atoms with Crippen molar-refractivity contribution in [2.75, 3.05) is 19.7 Å². The Morgan fingerprint density at radius 3 is 2.70 bits per heavy atom. The van der Waals surface area contributed by atoms with Crippen LogP contribution in [-0.4, -0.2) is 53.7 Å². The van der Waals surface area contributed by atoms with Crippen LogP contribution in [0, 0.1) is 11.8 Å². The first-order chi connectivity index (χ1) is 9.54. The summed E-state index contributed by atoms with van der Waals surface area (Å²) < 4.78 is 26.2. The lowest BCUT2D eigenvalue weighted by atomic mass is 10.1. The summed E-state index contributed by atoms with van der Waals surface area (Å²) in [4.78, 5) is 3.96. The van der Waals surface area contributed by atoms with Gasteiger partial charge in [0.15, 0.2) is 0 Å². The van der Waals surface area contributed by atoms with Crippen molar-refractivity contribution in [2.45, 2.75) is 23.8 Å². The van der Waals surface area contributed by atoms with E-state index in [0.717, 1.165) is 0 Å². The number of aliphatic hydroxyl groups is 2. The lowest BCUT2D eigenvalue weighted by Gasteiger charge is -2.28. The van der Waals surface area contributed by atoms with E-state index in [1.807, 2.05) is 0 Å². The highest BCUT2D eigenvalue weighted by Crippen LogP contribution is 2.20. The van der Waals surface area contributed by atoms with Gasteiger partial charge in [0.25, 0.3) is 0 Å². The number of aromatic nitrogens is 1. The van der Waals surface area contributed by atoms with Gasteiger partial charge in [-0.2, -0.15) is 4.31 Å². The van der Waals surface area contributed by atoms with Gasteiger partial charge in [0, 0.05) is 31.0 Å². The molecule has 1 aromatic rings. The Morgan fingerprint density at radius 1 is 1.35 bits per heavy atom. The van der Waals surface area contributed by atoms with E-state index >= 15 is 0 Å². The molecule has 0 atom stereocenters. The van der Waals surface area contributed by atoms with Gasteiger partial charge in [-0.05, 0) is 18.9 Å². The van der Waals surface area contributed by atoms with Crippen LogP contribution in [0.2, 0.25) is 0 Å². The van der Waals surface area contributed by atoms with Gasteiger partial charge in [-0.25, -0.2) is 8.42 Å². The molecule has 2 N–H and O–H groups in total. The smallest absolute Gasteiger partial charge is 0.244 e. The second-order valence-electron chi connectivity index (χ2n) is 4.50. The summed E-state index contributed by atoms with van der Waals surface area (Å²) in [6, 6.07) is 1.44. The summed E-state index contributed by atoms with van der Waals surface area (Å²) in [6.45, 7) is 0.313. The molecule has 108 valence electrons. The number of pyridine rings is 1. The van der Waals surface area contributed by atoms with Gasteiger partial charge in [0.2, 0.25) is 10.0 Å². The lowest BCUT2D eigenvalue weighted by Crippen LogP contribution is -2.40. The minimum atomic E-state index is -3.60. The molecule has 0 saturated carbocycles. The summed E-state index contributed by atoms with van der Waals surface area (Å²) in [5, 5.41) is 18.1. The SMILES string of the molecule is O=S(=O)(c1cncc(C#CCO)c1)N1CCC(O)CC1. The van der Waals surface area contributed by atoms with Crippen molar-refractivity contribution in [3.63, 3.8) is 0 Å². The first-order valence-corrected chi connectivity index (χ1v) is 7.71. The quantitative estimate of drug-likeness (QED) is 0.723. The molecule has 6 nitrogen and oxygen atoms in total. The summed E-state index contributed by atoms with van der Waals surface area (Å²) in [6.07, 6.45) is 3.18. The number of piperidine rings is 1. The van der Waals surface area contributed by atoms with Crippen molar-refractivity contribution < 1.29 is 18.6 Å². The molecule has 1 aromatic heterocycles. The summed E-state index contributed by atoms with van der Waals surface area (Å²) in [7, 11) is -3.60. The van der Waals surface area contributed by atoms with Gasteiger partial charge >= 0.3 is 0 Å². The summed E-state index contributed by atoms with van der Waals surface area (Å²) in [5.74, 6) is 5.08. The Bertz CT molecular complexity index is 625. The van der Waals surface area contributed by atoms with Crippen LogP contribution in [0.5, 0.6) is 0 Å². The number of hydrogen-bond acceptors (Lipinski definition) is 5.